The predicted octanol–water partition coefficient (Wildman–Crippen LogP) is 3.92. The summed E-state index contributed by atoms with van der Waals surface area (Å²) in [6.07, 6.45) is 1.56. The smallest absolute Gasteiger partial charge is 0.256 e. The monoisotopic (exact) mass is 598 g/mol. The highest BCUT2D eigenvalue weighted by Gasteiger charge is 2.41. The number of hydrogen-bond donors (Lipinski definition) is 2. The molecule has 1 fully saturated rings. The van der Waals surface area contributed by atoms with E-state index in [2.05, 4.69) is 20.0 Å². The molecule has 0 spiro atoms. The summed E-state index contributed by atoms with van der Waals surface area (Å²) in [6.45, 7) is 5.94. The number of likely N-dealkylation sites (N-methyl/N-ethyl adjacent to an activating group) is 1. The number of ether oxygens (including phenoxy) is 1. The quantitative estimate of drug-likeness (QED) is 0.359. The van der Waals surface area contributed by atoms with Crippen LogP contribution < -0.4 is 14.9 Å². The fourth-order valence-corrected chi connectivity index (χ4v) is 7.00. The van der Waals surface area contributed by atoms with Crippen molar-refractivity contribution in [2.75, 3.05) is 31.4 Å². The molecule has 2 unspecified atom stereocenters. The highest BCUT2D eigenvalue weighted by atomic mass is 32.2. The summed E-state index contributed by atoms with van der Waals surface area (Å²) in [5.74, 6) is 0.945. The molecule has 1 aliphatic heterocycles. The van der Waals surface area contributed by atoms with E-state index < -0.39 is 16.1 Å². The molecule has 3 heterocycles. The number of aromatic nitrogens is 2. The molecule has 2 N–H and O–H groups in total. The van der Waals surface area contributed by atoms with E-state index in [1.165, 1.54) is 30.4 Å². The number of nitrogens with zero attached hydrogens (tertiary/aromatic N) is 4. The van der Waals surface area contributed by atoms with E-state index in [9.17, 15) is 18.0 Å². The first kappa shape index (κ1) is 29.1. The maximum absolute atomic E-state index is 13.4. The molecule has 2 aromatic heterocycles. The van der Waals surface area contributed by atoms with Gasteiger partial charge in [-0.15, -0.1) is 0 Å². The fourth-order valence-electron chi connectivity index (χ4n) is 5.05. The van der Waals surface area contributed by atoms with Crippen molar-refractivity contribution in [2.45, 2.75) is 57.2 Å². The molecule has 0 bridgehead atoms. The highest BCUT2D eigenvalue weighted by Crippen LogP contribution is 2.42. The first-order valence-corrected chi connectivity index (χ1v) is 15.7. The number of thiazole rings is 1. The zero-order valence-electron chi connectivity index (χ0n) is 23.9. The summed E-state index contributed by atoms with van der Waals surface area (Å²) >= 11 is 1.36. The lowest BCUT2D eigenvalue weighted by molar-refractivity contribution is -0.127. The van der Waals surface area contributed by atoms with Crippen LogP contribution in [0.2, 0.25) is 0 Å². The van der Waals surface area contributed by atoms with Crippen LogP contribution in [0, 0.1) is 12.8 Å². The minimum absolute atomic E-state index is 0.0161. The Morgan fingerprint density at radius 3 is 2.61 bits per heavy atom. The van der Waals surface area contributed by atoms with Crippen LogP contribution in [0.25, 0.3) is 10.4 Å². The van der Waals surface area contributed by atoms with Crippen LogP contribution in [0.4, 0.5) is 16.8 Å². The third-order valence-electron chi connectivity index (χ3n) is 7.76. The number of amides is 2. The summed E-state index contributed by atoms with van der Waals surface area (Å²) < 4.78 is 33.7. The maximum atomic E-state index is 13.4. The number of pyridine rings is 1. The average Bonchev–Trinajstić information content (AvgIpc) is 3.68. The number of benzene rings is 1. The number of rotatable bonds is 10. The summed E-state index contributed by atoms with van der Waals surface area (Å²) in [4.78, 5) is 39.1. The van der Waals surface area contributed by atoms with Gasteiger partial charge in [0.25, 0.3) is 11.8 Å². The topological polar surface area (TPSA) is 134 Å². The Morgan fingerprint density at radius 1 is 1.22 bits per heavy atom. The molecule has 3 aromatic rings. The number of aryl methyl sites for hydroxylation is 1. The summed E-state index contributed by atoms with van der Waals surface area (Å²) in [6, 6.07) is 8.81. The van der Waals surface area contributed by atoms with Gasteiger partial charge in [0.15, 0.2) is 5.13 Å². The number of anilines is 3. The molecule has 41 heavy (non-hydrogen) atoms. The van der Waals surface area contributed by atoms with Gasteiger partial charge in [0.05, 0.1) is 21.0 Å². The number of carbonyl (C=O) groups is 2. The second kappa shape index (κ2) is 11.1. The fraction of sp³-hybridized carbons (Fsp3) is 0.429. The third-order valence-corrected chi connectivity index (χ3v) is 10.3. The Labute approximate surface area is 244 Å². The van der Waals surface area contributed by atoms with Crippen molar-refractivity contribution >= 4 is 49.9 Å². The van der Waals surface area contributed by atoms with Gasteiger partial charge < -0.3 is 15.0 Å². The van der Waals surface area contributed by atoms with Crippen LogP contribution >= 0.6 is 11.3 Å². The summed E-state index contributed by atoms with van der Waals surface area (Å²) in [7, 11) is 0.558. The van der Waals surface area contributed by atoms with Gasteiger partial charge in [-0.2, -0.15) is 0 Å². The van der Waals surface area contributed by atoms with E-state index in [4.69, 9.17) is 4.74 Å². The number of hydrogen-bond acceptors (Lipinski definition) is 9. The molecule has 0 saturated heterocycles. The minimum atomic E-state index is -3.90. The number of carbonyl (C=O) groups excluding carboxylic acids is 2. The van der Waals surface area contributed by atoms with Crippen LogP contribution in [0.15, 0.2) is 35.2 Å². The molecular weight excluding hydrogens is 564 g/mol. The Bertz CT molecular complexity index is 1620. The van der Waals surface area contributed by atoms with Gasteiger partial charge in [-0.05, 0) is 82.0 Å². The maximum Gasteiger partial charge on any atom is 0.256 e. The number of methoxy groups -OCH3 is 1. The highest BCUT2D eigenvalue weighted by molar-refractivity contribution is 7.89. The predicted molar refractivity (Wildman–Crippen MR) is 158 cm³/mol. The van der Waals surface area contributed by atoms with Crippen molar-refractivity contribution in [1.29, 1.82) is 0 Å². The summed E-state index contributed by atoms with van der Waals surface area (Å²) in [5, 5.41) is 3.76. The standard InChI is InChI=1S/C28H34N6O5S2/c1-15-25(40-28(30-15)32-22-8-7-9-23(31-22)33(5)26(35)17(3)39-6)19-12-20-14-34(16(2)18-10-11-18)27(36)24(20)21(13-19)41(37,38)29-4/h7-9,12-13,16-18,29H,10-11,14H2,1-6H3,(H,30,31,32). The molecule has 218 valence electrons. The second-order valence-electron chi connectivity index (χ2n) is 10.4. The van der Waals surface area contributed by atoms with Gasteiger partial charge in [-0.1, -0.05) is 17.4 Å². The lowest BCUT2D eigenvalue weighted by atomic mass is 10.0. The molecule has 2 atom stereocenters. The lowest BCUT2D eigenvalue weighted by Crippen LogP contribution is -2.36. The zero-order chi connectivity index (χ0) is 29.6. The molecule has 1 saturated carbocycles. The molecule has 13 heteroatoms. The molecule has 5 rings (SSSR count). The third kappa shape index (κ3) is 5.59. The van der Waals surface area contributed by atoms with Gasteiger partial charge in [0.1, 0.15) is 17.7 Å². The Kier molecular flexibility index (Phi) is 7.90. The van der Waals surface area contributed by atoms with Gasteiger partial charge in [0, 0.05) is 26.7 Å². The van der Waals surface area contributed by atoms with Crippen LogP contribution in [-0.4, -0.2) is 68.5 Å². The Balaban J connectivity index is 1.47. The first-order chi connectivity index (χ1) is 19.4. The first-order valence-electron chi connectivity index (χ1n) is 13.4. The van der Waals surface area contributed by atoms with E-state index >= 15 is 0 Å². The van der Waals surface area contributed by atoms with E-state index in [0.717, 1.165) is 17.7 Å². The van der Waals surface area contributed by atoms with Gasteiger partial charge >= 0.3 is 0 Å². The molecular formula is C28H34N6O5S2. The van der Waals surface area contributed by atoms with Crippen molar-refractivity contribution in [2.24, 2.45) is 5.92 Å². The molecule has 2 aliphatic rings. The molecule has 2 amide bonds. The van der Waals surface area contributed by atoms with Gasteiger partial charge in [-0.25, -0.2) is 23.1 Å². The van der Waals surface area contributed by atoms with Gasteiger partial charge in [0.2, 0.25) is 10.0 Å². The van der Waals surface area contributed by atoms with E-state index in [1.54, 1.807) is 43.1 Å². The van der Waals surface area contributed by atoms with Gasteiger partial charge in [-0.3, -0.25) is 14.5 Å². The van der Waals surface area contributed by atoms with Crippen LogP contribution in [-0.2, 0) is 26.1 Å². The average molecular weight is 599 g/mol. The van der Waals surface area contributed by atoms with Crippen molar-refractivity contribution in [3.63, 3.8) is 0 Å². The zero-order valence-corrected chi connectivity index (χ0v) is 25.5. The van der Waals surface area contributed by atoms with Crippen LogP contribution in [0.5, 0.6) is 0 Å². The van der Waals surface area contributed by atoms with E-state index in [1.807, 2.05) is 19.9 Å². The second-order valence-corrected chi connectivity index (χ2v) is 13.3. The number of nitrogens with one attached hydrogen (secondary N) is 2. The Hall–Kier alpha value is -3.39. The van der Waals surface area contributed by atoms with Crippen molar-refractivity contribution in [1.82, 2.24) is 19.6 Å². The van der Waals surface area contributed by atoms with Crippen molar-refractivity contribution in [3.8, 4) is 10.4 Å². The number of fused-ring (bicyclic) bond motifs is 1. The molecule has 1 aliphatic carbocycles. The minimum Gasteiger partial charge on any atom is -0.372 e. The Morgan fingerprint density at radius 2 is 1.95 bits per heavy atom. The number of sulfonamides is 1. The van der Waals surface area contributed by atoms with Crippen molar-refractivity contribution in [3.05, 3.63) is 47.2 Å². The molecule has 0 radical (unpaired) electrons. The normalized spacial score (nSPS) is 16.4. The van der Waals surface area contributed by atoms with Crippen molar-refractivity contribution < 1.29 is 22.7 Å². The molecule has 11 nitrogen and oxygen atoms in total. The van der Waals surface area contributed by atoms with E-state index in [0.29, 0.717) is 46.1 Å². The van der Waals surface area contributed by atoms with E-state index in [-0.39, 0.29) is 28.3 Å². The largest absolute Gasteiger partial charge is 0.372 e. The van der Waals surface area contributed by atoms with Crippen LogP contribution in [0.1, 0.15) is 48.3 Å². The molecule has 1 aromatic carbocycles. The lowest BCUT2D eigenvalue weighted by Gasteiger charge is -2.24. The van der Waals surface area contributed by atoms with Crippen LogP contribution in [0.3, 0.4) is 0 Å². The summed E-state index contributed by atoms with van der Waals surface area (Å²) in [5.41, 5.74) is 2.33. The SMILES string of the molecule is CNS(=O)(=O)c1cc(-c2sc(Nc3cccc(N(C)C(=O)C(C)OC)n3)nc2C)cc2c1C(=O)N(C(C)C1CC1)C2.